The number of nitrogens with two attached hydrogens (primary N) is 1. The van der Waals surface area contributed by atoms with E-state index in [1.165, 1.54) is 12.1 Å². The molecule has 2 heterocycles. The first kappa shape index (κ1) is 22.3. The van der Waals surface area contributed by atoms with Crippen molar-refractivity contribution in [2.75, 3.05) is 38.2 Å². The number of hydrogen-bond donors (Lipinski definition) is 1. The Morgan fingerprint density at radius 1 is 0.970 bits per heavy atom. The molecule has 1 fully saturated rings. The van der Waals surface area contributed by atoms with Gasteiger partial charge in [0.2, 0.25) is 6.54 Å². The predicted molar refractivity (Wildman–Crippen MR) is 122 cm³/mol. The molecule has 0 radical (unpaired) electrons. The first-order valence-electron chi connectivity index (χ1n) is 10.7. The summed E-state index contributed by atoms with van der Waals surface area (Å²) >= 11 is 0. The highest BCUT2D eigenvalue weighted by Crippen LogP contribution is 2.22. The number of nitrogens with zero attached hydrogens (tertiary/aromatic N) is 3. The van der Waals surface area contributed by atoms with Crippen LogP contribution in [0.1, 0.15) is 10.4 Å². The van der Waals surface area contributed by atoms with Crippen LogP contribution in [0.3, 0.4) is 0 Å². The summed E-state index contributed by atoms with van der Waals surface area (Å²) < 4.78 is 20.1. The van der Waals surface area contributed by atoms with Crippen LogP contribution >= 0.6 is 0 Å². The van der Waals surface area contributed by atoms with Gasteiger partial charge in [0.15, 0.2) is 12.4 Å². The van der Waals surface area contributed by atoms with Gasteiger partial charge in [-0.2, -0.15) is 4.57 Å². The van der Waals surface area contributed by atoms with Gasteiger partial charge in [-0.1, -0.05) is 12.1 Å². The number of carbonyl (C=O) groups excluding carboxylic acids is 2. The van der Waals surface area contributed by atoms with Crippen LogP contribution in [0, 0.1) is 5.82 Å². The third-order valence-electron chi connectivity index (χ3n) is 5.77. The van der Waals surface area contributed by atoms with Crippen molar-refractivity contribution in [3.05, 3.63) is 78.4 Å². The van der Waals surface area contributed by atoms with Crippen LogP contribution in [-0.2, 0) is 11.3 Å². The fourth-order valence-electron chi connectivity index (χ4n) is 3.93. The summed E-state index contributed by atoms with van der Waals surface area (Å²) in [5.41, 5.74) is 8.47. The number of primary amides is 1. The van der Waals surface area contributed by atoms with Crippen molar-refractivity contribution in [3.8, 4) is 16.9 Å². The average molecular weight is 450 g/mol. The van der Waals surface area contributed by atoms with Crippen LogP contribution < -0.4 is 19.9 Å². The van der Waals surface area contributed by atoms with E-state index in [0.29, 0.717) is 31.7 Å². The monoisotopic (exact) mass is 449 g/mol. The first-order valence-corrected chi connectivity index (χ1v) is 10.7. The number of anilines is 1. The third-order valence-corrected chi connectivity index (χ3v) is 5.77. The van der Waals surface area contributed by atoms with Gasteiger partial charge in [-0.3, -0.25) is 9.59 Å². The Morgan fingerprint density at radius 2 is 1.64 bits per heavy atom. The van der Waals surface area contributed by atoms with E-state index in [-0.39, 0.29) is 18.3 Å². The van der Waals surface area contributed by atoms with Gasteiger partial charge in [-0.15, -0.1) is 0 Å². The molecule has 3 aromatic rings. The highest BCUT2D eigenvalue weighted by Gasteiger charge is 2.24. The zero-order valence-corrected chi connectivity index (χ0v) is 18.4. The largest absolute Gasteiger partial charge is 0.497 e. The Bertz CT molecular complexity index is 1140. The van der Waals surface area contributed by atoms with Crippen LogP contribution in [0.5, 0.6) is 5.75 Å². The molecular formula is C25H26FN4O3+. The minimum atomic E-state index is -0.556. The number of benzene rings is 2. The molecule has 0 bridgehead atoms. The maximum atomic E-state index is 13.2. The van der Waals surface area contributed by atoms with Gasteiger partial charge in [0.1, 0.15) is 17.1 Å². The second-order valence-corrected chi connectivity index (χ2v) is 7.92. The van der Waals surface area contributed by atoms with E-state index in [2.05, 4.69) is 4.90 Å². The lowest BCUT2D eigenvalue weighted by molar-refractivity contribution is -0.684. The molecule has 0 spiro atoms. The topological polar surface area (TPSA) is 79.8 Å². The smallest absolute Gasteiger partial charge is 0.288 e. The Kier molecular flexibility index (Phi) is 6.53. The molecule has 0 unspecified atom stereocenters. The van der Waals surface area contributed by atoms with Crippen LogP contribution in [0.15, 0.2) is 67.0 Å². The second kappa shape index (κ2) is 9.68. The Hall–Kier alpha value is -3.94. The quantitative estimate of drug-likeness (QED) is 0.586. The summed E-state index contributed by atoms with van der Waals surface area (Å²) in [5, 5.41) is 0. The average Bonchev–Trinajstić information content (AvgIpc) is 2.84. The summed E-state index contributed by atoms with van der Waals surface area (Å²) in [6.45, 7) is 2.57. The summed E-state index contributed by atoms with van der Waals surface area (Å²) in [5.74, 6) is -0.134. The van der Waals surface area contributed by atoms with Crippen molar-refractivity contribution in [1.82, 2.24) is 4.90 Å². The van der Waals surface area contributed by atoms with Gasteiger partial charge in [0.05, 0.1) is 7.11 Å². The number of carbonyl (C=O) groups is 2. The fourth-order valence-corrected chi connectivity index (χ4v) is 3.93. The SMILES string of the molecule is COc1ccc(-c2cc(C(N)=O)c[n+](CC(=O)N3CCN(c4ccc(F)cc4)CC3)c2)cc1. The number of methoxy groups -OCH3 is 1. The van der Waals surface area contributed by atoms with E-state index < -0.39 is 5.91 Å². The van der Waals surface area contributed by atoms with E-state index in [9.17, 15) is 14.0 Å². The number of rotatable bonds is 6. The number of hydrogen-bond acceptors (Lipinski definition) is 4. The van der Waals surface area contributed by atoms with Crippen LogP contribution in [0.4, 0.5) is 10.1 Å². The summed E-state index contributed by atoms with van der Waals surface area (Å²) in [7, 11) is 1.60. The molecule has 1 saturated heterocycles. The van der Waals surface area contributed by atoms with Gasteiger partial charge in [-0.25, -0.2) is 4.39 Å². The van der Waals surface area contributed by atoms with Gasteiger partial charge < -0.3 is 20.3 Å². The van der Waals surface area contributed by atoms with Gasteiger partial charge in [-0.05, 0) is 48.0 Å². The van der Waals surface area contributed by atoms with E-state index in [0.717, 1.165) is 22.6 Å². The predicted octanol–water partition coefficient (Wildman–Crippen LogP) is 2.24. The molecule has 2 aromatic carbocycles. The van der Waals surface area contributed by atoms with Crippen molar-refractivity contribution in [3.63, 3.8) is 0 Å². The zero-order chi connectivity index (χ0) is 23.4. The minimum Gasteiger partial charge on any atom is -0.497 e. The maximum Gasteiger partial charge on any atom is 0.288 e. The van der Waals surface area contributed by atoms with Crippen molar-refractivity contribution in [2.24, 2.45) is 5.73 Å². The van der Waals surface area contributed by atoms with Crippen molar-refractivity contribution >= 4 is 17.5 Å². The Morgan fingerprint density at radius 3 is 2.24 bits per heavy atom. The zero-order valence-electron chi connectivity index (χ0n) is 18.4. The van der Waals surface area contributed by atoms with Crippen molar-refractivity contribution < 1.29 is 23.3 Å². The first-order chi connectivity index (χ1) is 15.9. The molecule has 0 atom stereocenters. The standard InChI is InChI=1S/C25H25FN4O3/c1-33-23-8-2-18(3-9-23)19-14-20(25(27)32)16-28(15-19)17-24(31)30-12-10-29(11-13-30)22-6-4-21(26)5-7-22/h2-9,14-16H,10-13,17H2,1H3,(H-,27,32)/p+1. The molecule has 33 heavy (non-hydrogen) atoms. The molecule has 2 N–H and O–H groups in total. The van der Waals surface area contributed by atoms with Crippen molar-refractivity contribution in [1.29, 1.82) is 0 Å². The lowest BCUT2D eigenvalue weighted by atomic mass is 10.1. The third kappa shape index (κ3) is 5.28. The molecule has 4 rings (SSSR count). The Balaban J connectivity index is 1.46. The normalized spacial score (nSPS) is 13.6. The summed E-state index contributed by atoms with van der Waals surface area (Å²) in [6.07, 6.45) is 3.43. The van der Waals surface area contributed by atoms with E-state index in [1.54, 1.807) is 41.0 Å². The van der Waals surface area contributed by atoms with E-state index >= 15 is 0 Å². The number of piperazine rings is 1. The molecule has 0 aliphatic carbocycles. The molecule has 1 aliphatic rings. The molecule has 1 aromatic heterocycles. The Labute approximate surface area is 191 Å². The van der Waals surface area contributed by atoms with Crippen LogP contribution in [-0.4, -0.2) is 50.0 Å². The number of pyridine rings is 1. The highest BCUT2D eigenvalue weighted by atomic mass is 19.1. The maximum absolute atomic E-state index is 13.2. The number of ether oxygens (including phenoxy) is 1. The molecule has 8 heteroatoms. The molecule has 170 valence electrons. The summed E-state index contributed by atoms with van der Waals surface area (Å²) in [6, 6.07) is 15.5. The van der Waals surface area contributed by atoms with E-state index in [4.69, 9.17) is 10.5 Å². The van der Waals surface area contributed by atoms with E-state index in [1.807, 2.05) is 30.5 Å². The van der Waals surface area contributed by atoms with Gasteiger partial charge in [0, 0.05) is 37.4 Å². The molecule has 2 amide bonds. The lowest BCUT2D eigenvalue weighted by Gasteiger charge is -2.35. The van der Waals surface area contributed by atoms with Crippen molar-refractivity contribution in [2.45, 2.75) is 6.54 Å². The van der Waals surface area contributed by atoms with Gasteiger partial charge >= 0.3 is 0 Å². The number of aromatic nitrogens is 1. The minimum absolute atomic E-state index is 0.0407. The van der Waals surface area contributed by atoms with Crippen LogP contribution in [0.25, 0.3) is 11.1 Å². The number of amides is 2. The molecular weight excluding hydrogens is 423 g/mol. The van der Waals surface area contributed by atoms with Crippen LogP contribution in [0.2, 0.25) is 0 Å². The lowest BCUT2D eigenvalue weighted by Crippen LogP contribution is -2.52. The summed E-state index contributed by atoms with van der Waals surface area (Å²) in [4.78, 5) is 28.8. The molecule has 1 aliphatic heterocycles. The number of halogens is 1. The highest BCUT2D eigenvalue weighted by molar-refractivity contribution is 5.93. The molecule has 0 saturated carbocycles. The molecule has 7 nitrogen and oxygen atoms in total. The second-order valence-electron chi connectivity index (χ2n) is 7.92. The van der Waals surface area contributed by atoms with Gasteiger partial charge in [0.25, 0.3) is 11.8 Å². The fraction of sp³-hybridized carbons (Fsp3) is 0.240.